The molecule has 1 aliphatic carbocycles. The second-order valence-electron chi connectivity index (χ2n) is 6.33. The number of nitrogens with zero attached hydrogens (tertiary/aromatic N) is 1. The Morgan fingerprint density at radius 1 is 1.27 bits per heavy atom. The van der Waals surface area contributed by atoms with E-state index in [9.17, 15) is 14.7 Å². The maximum atomic E-state index is 13.0. The number of carbonyl (C=O) groups excluding carboxylic acids is 1. The fraction of sp³-hybridized carbons (Fsp3) is 0.529. The number of hydrogen-bond donors (Lipinski definition) is 1. The molecule has 2 aliphatic rings. The minimum absolute atomic E-state index is 0.0562. The summed E-state index contributed by atoms with van der Waals surface area (Å²) in [6.07, 6.45) is 4.69. The van der Waals surface area contributed by atoms with Crippen molar-refractivity contribution in [1.29, 1.82) is 0 Å². The van der Waals surface area contributed by atoms with Crippen LogP contribution in [0.5, 0.6) is 0 Å². The quantitative estimate of drug-likeness (QED) is 0.907. The smallest absolute Gasteiger partial charge is 0.326 e. The lowest BCUT2D eigenvalue weighted by Gasteiger charge is -2.33. The Balaban J connectivity index is 1.97. The van der Waals surface area contributed by atoms with Crippen molar-refractivity contribution in [3.63, 3.8) is 0 Å². The monoisotopic (exact) mass is 321 g/mol. The van der Waals surface area contributed by atoms with E-state index < -0.39 is 12.0 Å². The first-order valence-electron chi connectivity index (χ1n) is 7.81. The lowest BCUT2D eigenvalue weighted by molar-refractivity contribution is -0.141. The van der Waals surface area contributed by atoms with Crippen molar-refractivity contribution in [3.05, 3.63) is 34.3 Å². The van der Waals surface area contributed by atoms with E-state index in [-0.39, 0.29) is 11.9 Å². The van der Waals surface area contributed by atoms with Crippen LogP contribution in [0.3, 0.4) is 0 Å². The van der Waals surface area contributed by atoms with Gasteiger partial charge in [0.1, 0.15) is 6.04 Å². The standard InChI is InChI=1S/C17H20ClNO3/c1-10-12(6-4-7-13(10)18)16(20)19-14-8-3-2-5-11(14)9-15(19)17(21)22/h4,6-7,11,14-15H,2-3,5,8-9H2,1H3,(H,21,22). The third-order valence-electron chi connectivity index (χ3n) is 5.11. The molecule has 118 valence electrons. The topological polar surface area (TPSA) is 57.6 Å². The molecule has 1 saturated carbocycles. The van der Waals surface area contributed by atoms with Crippen LogP contribution in [0.15, 0.2) is 18.2 Å². The number of aliphatic carboxylic acids is 1. The molecule has 5 heteroatoms. The Labute approximate surface area is 135 Å². The molecule has 0 aromatic heterocycles. The summed E-state index contributed by atoms with van der Waals surface area (Å²) in [6.45, 7) is 1.81. The second kappa shape index (κ2) is 5.92. The fourth-order valence-corrected chi connectivity index (χ4v) is 4.13. The van der Waals surface area contributed by atoms with Crippen LogP contribution in [0.25, 0.3) is 0 Å². The Morgan fingerprint density at radius 3 is 2.73 bits per heavy atom. The molecule has 0 radical (unpaired) electrons. The zero-order valence-electron chi connectivity index (χ0n) is 12.6. The SMILES string of the molecule is Cc1c(Cl)cccc1C(=O)N1C(C(=O)O)CC2CCCCC21. The Hall–Kier alpha value is -1.55. The molecule has 0 bridgehead atoms. The first-order chi connectivity index (χ1) is 10.5. The number of carboxylic acid groups (broad SMARTS) is 1. The van der Waals surface area contributed by atoms with Crippen LogP contribution in [0.2, 0.25) is 5.02 Å². The number of carbonyl (C=O) groups is 2. The summed E-state index contributed by atoms with van der Waals surface area (Å²) < 4.78 is 0. The zero-order valence-corrected chi connectivity index (χ0v) is 13.3. The summed E-state index contributed by atoms with van der Waals surface area (Å²) in [7, 11) is 0. The van der Waals surface area contributed by atoms with Crippen molar-refractivity contribution in [1.82, 2.24) is 4.90 Å². The molecule has 4 nitrogen and oxygen atoms in total. The summed E-state index contributed by atoms with van der Waals surface area (Å²) in [6, 6.07) is 4.57. The van der Waals surface area contributed by atoms with Crippen LogP contribution < -0.4 is 0 Å². The molecule has 1 aliphatic heterocycles. The molecule has 1 amide bonds. The van der Waals surface area contributed by atoms with Gasteiger partial charge in [-0.05, 0) is 49.8 Å². The highest BCUT2D eigenvalue weighted by Crippen LogP contribution is 2.41. The van der Waals surface area contributed by atoms with Gasteiger partial charge in [-0.25, -0.2) is 4.79 Å². The largest absolute Gasteiger partial charge is 0.480 e. The highest BCUT2D eigenvalue weighted by Gasteiger charge is 2.47. The van der Waals surface area contributed by atoms with Gasteiger partial charge < -0.3 is 10.0 Å². The van der Waals surface area contributed by atoms with E-state index in [1.807, 2.05) is 0 Å². The van der Waals surface area contributed by atoms with Gasteiger partial charge in [0.2, 0.25) is 0 Å². The molecule has 1 saturated heterocycles. The molecule has 1 aromatic carbocycles. The summed E-state index contributed by atoms with van der Waals surface area (Å²) in [5.74, 6) is -0.775. The van der Waals surface area contributed by atoms with E-state index in [1.165, 1.54) is 0 Å². The van der Waals surface area contributed by atoms with E-state index in [0.29, 0.717) is 22.9 Å². The predicted octanol–water partition coefficient (Wildman–Crippen LogP) is 3.51. The number of rotatable bonds is 2. The number of benzene rings is 1. The van der Waals surface area contributed by atoms with E-state index in [1.54, 1.807) is 30.0 Å². The fourth-order valence-electron chi connectivity index (χ4n) is 3.95. The van der Waals surface area contributed by atoms with E-state index in [4.69, 9.17) is 11.6 Å². The highest BCUT2D eigenvalue weighted by atomic mass is 35.5. The van der Waals surface area contributed by atoms with E-state index in [0.717, 1.165) is 31.2 Å². The molecule has 22 heavy (non-hydrogen) atoms. The van der Waals surface area contributed by atoms with Gasteiger partial charge in [0.15, 0.2) is 0 Å². The number of likely N-dealkylation sites (tertiary alicyclic amines) is 1. The van der Waals surface area contributed by atoms with Gasteiger partial charge >= 0.3 is 5.97 Å². The normalized spacial score (nSPS) is 27.5. The Kier molecular flexibility index (Phi) is 4.13. The van der Waals surface area contributed by atoms with Crippen LogP contribution in [-0.2, 0) is 4.79 Å². The van der Waals surface area contributed by atoms with Crippen molar-refractivity contribution in [3.8, 4) is 0 Å². The average molecular weight is 322 g/mol. The van der Waals surface area contributed by atoms with Crippen molar-refractivity contribution < 1.29 is 14.7 Å². The first kappa shape index (κ1) is 15.3. The van der Waals surface area contributed by atoms with Crippen LogP contribution in [-0.4, -0.2) is 34.0 Å². The molecule has 1 aromatic rings. The van der Waals surface area contributed by atoms with Gasteiger partial charge in [0.25, 0.3) is 5.91 Å². The maximum Gasteiger partial charge on any atom is 0.326 e. The molecule has 1 N–H and O–H groups in total. The molecule has 2 fully saturated rings. The van der Waals surface area contributed by atoms with Crippen LogP contribution >= 0.6 is 11.6 Å². The molecule has 1 heterocycles. The number of amides is 1. The maximum absolute atomic E-state index is 13.0. The van der Waals surface area contributed by atoms with Crippen molar-refractivity contribution in [2.75, 3.05) is 0 Å². The molecule has 3 atom stereocenters. The molecule has 0 spiro atoms. The molecule has 3 unspecified atom stereocenters. The summed E-state index contributed by atoms with van der Waals surface area (Å²) >= 11 is 6.11. The van der Waals surface area contributed by atoms with Crippen molar-refractivity contribution >= 4 is 23.5 Å². The van der Waals surface area contributed by atoms with Gasteiger partial charge in [-0.15, -0.1) is 0 Å². The summed E-state index contributed by atoms with van der Waals surface area (Å²) in [4.78, 5) is 26.2. The van der Waals surface area contributed by atoms with Crippen LogP contribution in [0.4, 0.5) is 0 Å². The summed E-state index contributed by atoms with van der Waals surface area (Å²) in [5, 5.41) is 10.1. The van der Waals surface area contributed by atoms with Crippen LogP contribution in [0.1, 0.15) is 48.0 Å². The minimum atomic E-state index is -0.901. The average Bonchev–Trinajstić information content (AvgIpc) is 2.89. The summed E-state index contributed by atoms with van der Waals surface area (Å²) in [5.41, 5.74) is 1.24. The Morgan fingerprint density at radius 2 is 2.00 bits per heavy atom. The first-order valence-corrected chi connectivity index (χ1v) is 8.19. The lowest BCUT2D eigenvalue weighted by atomic mass is 9.84. The number of carboxylic acids is 1. The van der Waals surface area contributed by atoms with Gasteiger partial charge in [-0.2, -0.15) is 0 Å². The van der Waals surface area contributed by atoms with Gasteiger partial charge in [0, 0.05) is 16.6 Å². The van der Waals surface area contributed by atoms with Gasteiger partial charge in [-0.3, -0.25) is 4.79 Å². The number of hydrogen-bond acceptors (Lipinski definition) is 2. The predicted molar refractivity (Wildman–Crippen MR) is 84.1 cm³/mol. The van der Waals surface area contributed by atoms with Crippen molar-refractivity contribution in [2.24, 2.45) is 5.92 Å². The third-order valence-corrected chi connectivity index (χ3v) is 5.52. The zero-order chi connectivity index (χ0) is 15.9. The Bertz CT molecular complexity index is 616. The van der Waals surface area contributed by atoms with E-state index >= 15 is 0 Å². The van der Waals surface area contributed by atoms with Crippen molar-refractivity contribution in [2.45, 2.75) is 51.1 Å². The van der Waals surface area contributed by atoms with Gasteiger partial charge in [-0.1, -0.05) is 30.5 Å². The molecule has 3 rings (SSSR count). The highest BCUT2D eigenvalue weighted by molar-refractivity contribution is 6.31. The van der Waals surface area contributed by atoms with Gasteiger partial charge in [0.05, 0.1) is 0 Å². The molecular formula is C17H20ClNO3. The molecular weight excluding hydrogens is 302 g/mol. The van der Waals surface area contributed by atoms with Crippen LogP contribution in [0, 0.1) is 12.8 Å². The lowest BCUT2D eigenvalue weighted by Crippen LogP contribution is -2.46. The van der Waals surface area contributed by atoms with E-state index in [2.05, 4.69) is 0 Å². The number of fused-ring (bicyclic) bond motifs is 1. The second-order valence-corrected chi connectivity index (χ2v) is 6.73. The third kappa shape index (κ3) is 2.50. The minimum Gasteiger partial charge on any atom is -0.480 e. The number of halogens is 1.